The van der Waals surface area contributed by atoms with Crippen molar-refractivity contribution < 1.29 is 34.6 Å². The lowest BCUT2D eigenvalue weighted by molar-refractivity contribution is -0.500. The molecular formula is C22H24N4O8. The Bertz CT molecular complexity index is 1310. The summed E-state index contributed by atoms with van der Waals surface area (Å²) in [5.41, 5.74) is 1.16. The average Bonchev–Trinajstić information content (AvgIpc) is 2.75. The summed E-state index contributed by atoms with van der Waals surface area (Å²) in [7, 11) is 0. The summed E-state index contributed by atoms with van der Waals surface area (Å²) in [6, 6.07) is 7.59. The summed E-state index contributed by atoms with van der Waals surface area (Å²) in [6.07, 6.45) is 2.64. The Morgan fingerprint density at radius 2 is 1.82 bits per heavy atom. The van der Waals surface area contributed by atoms with E-state index in [0.717, 1.165) is 5.56 Å². The van der Waals surface area contributed by atoms with E-state index in [1.807, 2.05) is 19.9 Å². The van der Waals surface area contributed by atoms with Crippen molar-refractivity contribution in [1.82, 2.24) is 14.6 Å². The van der Waals surface area contributed by atoms with Gasteiger partial charge < -0.3 is 39.5 Å². The molecule has 2 unspecified atom stereocenters. The van der Waals surface area contributed by atoms with E-state index < -0.39 is 11.9 Å². The highest BCUT2D eigenvalue weighted by Gasteiger charge is 2.57. The predicted octanol–water partition coefficient (Wildman–Crippen LogP) is -0.118. The number of fused-ring (bicyclic) bond motifs is 2. The molecule has 0 bridgehead atoms. The number of ether oxygens (including phenoxy) is 3. The fraction of sp³-hybridized carbons (Fsp3) is 0.409. The number of nitrogens with zero attached hydrogens (tertiary/aromatic N) is 4. The number of anilines is 1. The van der Waals surface area contributed by atoms with Crippen molar-refractivity contribution >= 4 is 11.5 Å². The summed E-state index contributed by atoms with van der Waals surface area (Å²) in [6.45, 7) is 4.62. The number of hydrogen-bond donors (Lipinski definition) is 4. The molecule has 5 rings (SSSR count). The SMILES string of the molecule is Cc1cc2nccc(=O)n2nc1N1CCC(Oc2ccc3c(c2)OC(O)(O)C(O)(O)O3)CC1C. The fourth-order valence-electron chi connectivity index (χ4n) is 4.24. The molecule has 2 atom stereocenters. The molecule has 180 valence electrons. The Labute approximate surface area is 193 Å². The van der Waals surface area contributed by atoms with E-state index in [-0.39, 0.29) is 29.2 Å². The Balaban J connectivity index is 1.31. The minimum absolute atomic E-state index is 0.0545. The maximum Gasteiger partial charge on any atom is 0.422 e. The maximum atomic E-state index is 12.2. The first-order valence-electron chi connectivity index (χ1n) is 10.7. The number of benzene rings is 1. The van der Waals surface area contributed by atoms with Gasteiger partial charge in [-0.25, -0.2) is 4.98 Å². The van der Waals surface area contributed by atoms with Gasteiger partial charge >= 0.3 is 11.9 Å². The van der Waals surface area contributed by atoms with Gasteiger partial charge in [-0.2, -0.15) is 4.52 Å². The van der Waals surface area contributed by atoms with Crippen LogP contribution in [0.4, 0.5) is 5.82 Å². The van der Waals surface area contributed by atoms with E-state index in [1.54, 1.807) is 6.07 Å². The molecule has 1 fully saturated rings. The van der Waals surface area contributed by atoms with E-state index in [1.165, 1.54) is 28.9 Å². The molecule has 4 N–H and O–H groups in total. The summed E-state index contributed by atoms with van der Waals surface area (Å²) in [5.74, 6) is -5.75. The first-order valence-corrected chi connectivity index (χ1v) is 10.7. The van der Waals surface area contributed by atoms with E-state index >= 15 is 0 Å². The topological polar surface area (TPSA) is 159 Å². The van der Waals surface area contributed by atoms with Crippen LogP contribution < -0.4 is 24.7 Å². The van der Waals surface area contributed by atoms with Crippen LogP contribution in [0, 0.1) is 6.92 Å². The van der Waals surface area contributed by atoms with Gasteiger partial charge in [0.2, 0.25) is 0 Å². The summed E-state index contributed by atoms with van der Waals surface area (Å²) >= 11 is 0. The zero-order valence-electron chi connectivity index (χ0n) is 18.5. The molecule has 3 aromatic rings. The molecule has 2 aliphatic heterocycles. The second-order valence-corrected chi connectivity index (χ2v) is 8.54. The van der Waals surface area contributed by atoms with Gasteiger partial charge in [0, 0.05) is 43.8 Å². The van der Waals surface area contributed by atoms with Gasteiger partial charge in [0.1, 0.15) is 11.9 Å². The number of rotatable bonds is 3. The predicted molar refractivity (Wildman–Crippen MR) is 116 cm³/mol. The zero-order valence-corrected chi connectivity index (χ0v) is 18.5. The van der Waals surface area contributed by atoms with Crippen LogP contribution in [0.5, 0.6) is 17.2 Å². The highest BCUT2D eigenvalue weighted by atomic mass is 16.9. The van der Waals surface area contributed by atoms with Crippen molar-refractivity contribution in [3.05, 3.63) is 52.4 Å². The molecule has 34 heavy (non-hydrogen) atoms. The van der Waals surface area contributed by atoms with Gasteiger partial charge in [-0.15, -0.1) is 5.10 Å². The van der Waals surface area contributed by atoms with Crippen LogP contribution in [0.15, 0.2) is 41.3 Å². The zero-order chi connectivity index (χ0) is 24.3. The Kier molecular flexibility index (Phi) is 5.13. The number of aliphatic hydroxyl groups is 4. The standard InChI is InChI=1S/C22H24N4O8/c1-12-9-18-23-7-5-19(27)26(18)24-20(12)25-8-6-15(10-13(25)2)32-14-3-4-16-17(11-14)34-22(30,31)21(28,29)33-16/h3-5,7,9,11,13,15,28-31H,6,8,10H2,1-2H3. The third-order valence-corrected chi connectivity index (χ3v) is 5.99. The molecule has 0 aliphatic carbocycles. The lowest BCUT2D eigenvalue weighted by atomic mass is 10.00. The quantitative estimate of drug-likeness (QED) is 0.377. The number of hydrogen-bond acceptors (Lipinski definition) is 11. The lowest BCUT2D eigenvalue weighted by Crippen LogP contribution is -2.63. The molecule has 0 spiro atoms. The van der Waals surface area contributed by atoms with Gasteiger partial charge in [-0.05, 0) is 37.6 Å². The second-order valence-electron chi connectivity index (χ2n) is 8.54. The van der Waals surface area contributed by atoms with Crippen molar-refractivity contribution in [3.63, 3.8) is 0 Å². The van der Waals surface area contributed by atoms with E-state index in [2.05, 4.69) is 15.0 Å². The molecule has 0 saturated carbocycles. The Morgan fingerprint density at radius 1 is 1.09 bits per heavy atom. The van der Waals surface area contributed by atoms with Crippen LogP contribution >= 0.6 is 0 Å². The summed E-state index contributed by atoms with van der Waals surface area (Å²) in [5, 5.41) is 43.0. The highest BCUT2D eigenvalue weighted by Crippen LogP contribution is 2.42. The lowest BCUT2D eigenvalue weighted by Gasteiger charge is -2.39. The van der Waals surface area contributed by atoms with E-state index in [9.17, 15) is 25.2 Å². The van der Waals surface area contributed by atoms with Crippen LogP contribution in [0.1, 0.15) is 25.3 Å². The van der Waals surface area contributed by atoms with Crippen molar-refractivity contribution in [2.75, 3.05) is 11.4 Å². The molecule has 0 amide bonds. The highest BCUT2D eigenvalue weighted by molar-refractivity contribution is 5.53. The first kappa shape index (κ1) is 22.3. The van der Waals surface area contributed by atoms with Crippen molar-refractivity contribution in [3.8, 4) is 17.2 Å². The van der Waals surface area contributed by atoms with Crippen LogP contribution in [-0.2, 0) is 0 Å². The van der Waals surface area contributed by atoms with Gasteiger partial charge in [0.15, 0.2) is 23.0 Å². The van der Waals surface area contributed by atoms with Crippen LogP contribution in [-0.4, -0.2) is 65.7 Å². The normalized spacial score (nSPS) is 23.1. The van der Waals surface area contributed by atoms with Gasteiger partial charge in [0.05, 0.1) is 0 Å². The molecule has 2 aliphatic rings. The third kappa shape index (κ3) is 3.80. The maximum absolute atomic E-state index is 12.2. The Hall–Kier alpha value is -3.45. The smallest absolute Gasteiger partial charge is 0.422 e. The number of aromatic nitrogens is 3. The largest absolute Gasteiger partial charge is 0.490 e. The van der Waals surface area contributed by atoms with Crippen molar-refractivity contribution in [1.29, 1.82) is 0 Å². The molecule has 2 aromatic heterocycles. The van der Waals surface area contributed by atoms with Crippen LogP contribution in [0.25, 0.3) is 5.65 Å². The number of piperidine rings is 1. The second kappa shape index (κ2) is 7.81. The van der Waals surface area contributed by atoms with Crippen LogP contribution in [0.2, 0.25) is 0 Å². The molecular weight excluding hydrogens is 448 g/mol. The van der Waals surface area contributed by atoms with E-state index in [0.29, 0.717) is 36.6 Å². The fourth-order valence-corrected chi connectivity index (χ4v) is 4.24. The minimum Gasteiger partial charge on any atom is -0.490 e. The average molecular weight is 472 g/mol. The van der Waals surface area contributed by atoms with Crippen molar-refractivity contribution in [2.45, 2.75) is 50.8 Å². The van der Waals surface area contributed by atoms with Gasteiger partial charge in [0.25, 0.3) is 5.56 Å². The van der Waals surface area contributed by atoms with Crippen LogP contribution in [0.3, 0.4) is 0 Å². The monoisotopic (exact) mass is 472 g/mol. The summed E-state index contributed by atoms with van der Waals surface area (Å²) in [4.78, 5) is 18.5. The molecule has 1 saturated heterocycles. The van der Waals surface area contributed by atoms with Gasteiger partial charge in [-0.3, -0.25) is 4.79 Å². The first-order chi connectivity index (χ1) is 16.0. The minimum atomic E-state index is -3.35. The van der Waals surface area contributed by atoms with Crippen molar-refractivity contribution in [2.24, 2.45) is 0 Å². The molecule has 1 aromatic carbocycles. The number of aryl methyl sites for hydroxylation is 1. The molecule has 12 nitrogen and oxygen atoms in total. The molecule has 12 heteroatoms. The third-order valence-electron chi connectivity index (χ3n) is 5.99. The Morgan fingerprint density at radius 3 is 2.56 bits per heavy atom. The molecule has 4 heterocycles. The molecule has 0 radical (unpaired) electrons. The van der Waals surface area contributed by atoms with Gasteiger partial charge in [-0.1, -0.05) is 0 Å². The van der Waals surface area contributed by atoms with E-state index in [4.69, 9.17) is 14.2 Å². The summed E-state index contributed by atoms with van der Waals surface area (Å²) < 4.78 is 17.0.